The van der Waals surface area contributed by atoms with Crippen LogP contribution in [0.2, 0.25) is 0 Å². The standard InChI is InChI=1S/C16H24O3/c1-4-14(17-10-16-11-19-16)9-18-15-7-5-13(6-8-15)12(2)3/h5-8,12,14,16H,4,9-11H2,1-3H3. The molecule has 1 saturated heterocycles. The summed E-state index contributed by atoms with van der Waals surface area (Å²) in [6, 6.07) is 8.32. The summed E-state index contributed by atoms with van der Waals surface area (Å²) in [7, 11) is 0. The Morgan fingerprint density at radius 2 is 1.95 bits per heavy atom. The summed E-state index contributed by atoms with van der Waals surface area (Å²) in [5, 5.41) is 0. The van der Waals surface area contributed by atoms with Gasteiger partial charge in [0.25, 0.3) is 0 Å². The number of hydrogen-bond acceptors (Lipinski definition) is 3. The Labute approximate surface area is 115 Å². The first-order valence-electron chi connectivity index (χ1n) is 7.15. The first kappa shape index (κ1) is 14.4. The lowest BCUT2D eigenvalue weighted by atomic mass is 10.0. The maximum absolute atomic E-state index is 5.78. The van der Waals surface area contributed by atoms with Gasteiger partial charge in [-0.1, -0.05) is 32.9 Å². The lowest BCUT2D eigenvalue weighted by Gasteiger charge is -2.16. The molecule has 2 atom stereocenters. The van der Waals surface area contributed by atoms with Crippen LogP contribution in [0, 0.1) is 0 Å². The molecule has 0 spiro atoms. The monoisotopic (exact) mass is 264 g/mol. The molecule has 2 rings (SSSR count). The molecule has 2 unspecified atom stereocenters. The molecule has 1 heterocycles. The normalized spacial score (nSPS) is 19.5. The van der Waals surface area contributed by atoms with E-state index in [1.54, 1.807) is 0 Å². The lowest BCUT2D eigenvalue weighted by Crippen LogP contribution is -2.23. The van der Waals surface area contributed by atoms with Gasteiger partial charge in [0.1, 0.15) is 18.5 Å². The van der Waals surface area contributed by atoms with Crippen LogP contribution >= 0.6 is 0 Å². The first-order chi connectivity index (χ1) is 9.19. The van der Waals surface area contributed by atoms with Crippen molar-refractivity contribution in [3.05, 3.63) is 29.8 Å². The van der Waals surface area contributed by atoms with Gasteiger partial charge in [0.15, 0.2) is 0 Å². The molecule has 1 fully saturated rings. The van der Waals surface area contributed by atoms with Gasteiger partial charge < -0.3 is 14.2 Å². The van der Waals surface area contributed by atoms with E-state index in [4.69, 9.17) is 14.2 Å². The van der Waals surface area contributed by atoms with Gasteiger partial charge in [0.2, 0.25) is 0 Å². The summed E-state index contributed by atoms with van der Waals surface area (Å²) < 4.78 is 16.7. The van der Waals surface area contributed by atoms with Crippen LogP contribution in [0.3, 0.4) is 0 Å². The van der Waals surface area contributed by atoms with Crippen LogP contribution in [-0.4, -0.2) is 32.0 Å². The van der Waals surface area contributed by atoms with E-state index in [-0.39, 0.29) is 6.10 Å². The zero-order valence-corrected chi connectivity index (χ0v) is 12.1. The molecule has 0 aromatic heterocycles. The second-order valence-electron chi connectivity index (χ2n) is 5.35. The smallest absolute Gasteiger partial charge is 0.119 e. The zero-order valence-electron chi connectivity index (χ0n) is 12.1. The van der Waals surface area contributed by atoms with E-state index in [1.165, 1.54) is 5.56 Å². The Hall–Kier alpha value is -1.06. The highest BCUT2D eigenvalue weighted by molar-refractivity contribution is 5.28. The Kier molecular flexibility index (Phi) is 5.23. The molecule has 1 aliphatic rings. The Bertz CT molecular complexity index is 368. The van der Waals surface area contributed by atoms with Crippen LogP contribution in [0.4, 0.5) is 0 Å². The van der Waals surface area contributed by atoms with Gasteiger partial charge in [-0.05, 0) is 30.0 Å². The fraction of sp³-hybridized carbons (Fsp3) is 0.625. The van der Waals surface area contributed by atoms with E-state index < -0.39 is 0 Å². The van der Waals surface area contributed by atoms with Crippen molar-refractivity contribution >= 4 is 0 Å². The molecule has 1 aliphatic heterocycles. The molecule has 3 heteroatoms. The Balaban J connectivity index is 1.75. The van der Waals surface area contributed by atoms with Gasteiger partial charge >= 0.3 is 0 Å². The minimum atomic E-state index is 0.147. The van der Waals surface area contributed by atoms with Crippen molar-refractivity contribution in [1.82, 2.24) is 0 Å². The molecular weight excluding hydrogens is 240 g/mol. The van der Waals surface area contributed by atoms with Crippen LogP contribution in [-0.2, 0) is 9.47 Å². The van der Waals surface area contributed by atoms with E-state index in [2.05, 4.69) is 32.9 Å². The SMILES string of the molecule is CCC(COc1ccc(C(C)C)cc1)OCC1CO1. The fourth-order valence-corrected chi connectivity index (χ4v) is 1.83. The highest BCUT2D eigenvalue weighted by Crippen LogP contribution is 2.19. The van der Waals surface area contributed by atoms with Crippen molar-refractivity contribution < 1.29 is 14.2 Å². The minimum Gasteiger partial charge on any atom is -0.491 e. The zero-order chi connectivity index (χ0) is 13.7. The number of epoxide rings is 1. The quantitative estimate of drug-likeness (QED) is 0.674. The van der Waals surface area contributed by atoms with Gasteiger partial charge in [-0.2, -0.15) is 0 Å². The largest absolute Gasteiger partial charge is 0.491 e. The van der Waals surface area contributed by atoms with Crippen molar-refractivity contribution in [2.75, 3.05) is 19.8 Å². The third-order valence-electron chi connectivity index (χ3n) is 3.36. The number of benzene rings is 1. The third kappa shape index (κ3) is 4.84. The van der Waals surface area contributed by atoms with Crippen molar-refractivity contribution in [2.45, 2.75) is 45.3 Å². The lowest BCUT2D eigenvalue weighted by molar-refractivity contribution is 0.0107. The van der Waals surface area contributed by atoms with E-state index in [0.29, 0.717) is 25.2 Å². The molecule has 106 valence electrons. The summed E-state index contributed by atoms with van der Waals surface area (Å²) in [5.41, 5.74) is 1.33. The van der Waals surface area contributed by atoms with Crippen molar-refractivity contribution in [3.63, 3.8) is 0 Å². The molecule has 0 saturated carbocycles. The van der Waals surface area contributed by atoms with Crippen LogP contribution in [0.25, 0.3) is 0 Å². The van der Waals surface area contributed by atoms with Crippen LogP contribution in [0.5, 0.6) is 5.75 Å². The molecule has 1 aromatic rings. The topological polar surface area (TPSA) is 31.0 Å². The van der Waals surface area contributed by atoms with E-state index in [0.717, 1.165) is 18.8 Å². The minimum absolute atomic E-state index is 0.147. The van der Waals surface area contributed by atoms with Gasteiger partial charge in [-0.25, -0.2) is 0 Å². The van der Waals surface area contributed by atoms with Gasteiger partial charge in [-0.3, -0.25) is 0 Å². The second-order valence-corrected chi connectivity index (χ2v) is 5.35. The molecule has 0 N–H and O–H groups in total. The van der Waals surface area contributed by atoms with E-state index >= 15 is 0 Å². The average molecular weight is 264 g/mol. The van der Waals surface area contributed by atoms with Crippen molar-refractivity contribution in [2.24, 2.45) is 0 Å². The van der Waals surface area contributed by atoms with Crippen LogP contribution in [0.15, 0.2) is 24.3 Å². The summed E-state index contributed by atoms with van der Waals surface area (Å²) in [6.45, 7) is 8.63. The molecule has 1 aromatic carbocycles. The summed E-state index contributed by atoms with van der Waals surface area (Å²) in [6.07, 6.45) is 1.42. The highest BCUT2D eigenvalue weighted by atomic mass is 16.6. The Morgan fingerprint density at radius 1 is 1.26 bits per heavy atom. The fourth-order valence-electron chi connectivity index (χ4n) is 1.83. The molecular formula is C16H24O3. The second kappa shape index (κ2) is 6.92. The van der Waals surface area contributed by atoms with Crippen LogP contribution < -0.4 is 4.74 Å². The molecule has 0 amide bonds. The van der Waals surface area contributed by atoms with Crippen LogP contribution in [0.1, 0.15) is 38.7 Å². The van der Waals surface area contributed by atoms with E-state index in [9.17, 15) is 0 Å². The summed E-state index contributed by atoms with van der Waals surface area (Å²) >= 11 is 0. The maximum Gasteiger partial charge on any atom is 0.119 e. The predicted molar refractivity (Wildman–Crippen MR) is 75.8 cm³/mol. The van der Waals surface area contributed by atoms with Gasteiger partial charge in [0.05, 0.1) is 19.3 Å². The van der Waals surface area contributed by atoms with Crippen molar-refractivity contribution in [1.29, 1.82) is 0 Å². The molecule has 0 bridgehead atoms. The molecule has 3 nitrogen and oxygen atoms in total. The predicted octanol–water partition coefficient (Wildman–Crippen LogP) is 3.38. The third-order valence-corrected chi connectivity index (χ3v) is 3.36. The van der Waals surface area contributed by atoms with Gasteiger partial charge in [0, 0.05) is 0 Å². The number of hydrogen-bond donors (Lipinski definition) is 0. The summed E-state index contributed by atoms with van der Waals surface area (Å²) in [5.74, 6) is 1.47. The first-order valence-corrected chi connectivity index (χ1v) is 7.15. The highest BCUT2D eigenvalue weighted by Gasteiger charge is 2.24. The number of rotatable bonds is 8. The number of ether oxygens (including phenoxy) is 3. The molecule has 19 heavy (non-hydrogen) atoms. The van der Waals surface area contributed by atoms with E-state index in [1.807, 2.05) is 12.1 Å². The van der Waals surface area contributed by atoms with Crippen molar-refractivity contribution in [3.8, 4) is 5.75 Å². The summed E-state index contributed by atoms with van der Waals surface area (Å²) in [4.78, 5) is 0. The molecule has 0 aliphatic carbocycles. The maximum atomic E-state index is 5.78. The van der Waals surface area contributed by atoms with Gasteiger partial charge in [-0.15, -0.1) is 0 Å². The Morgan fingerprint density at radius 3 is 2.47 bits per heavy atom. The average Bonchev–Trinajstić information content (AvgIpc) is 3.23. The molecule has 0 radical (unpaired) electrons.